The molecule has 36 heavy (non-hydrogen) atoms. The molecule has 0 bridgehead atoms. The van der Waals surface area contributed by atoms with Gasteiger partial charge in [-0.25, -0.2) is 4.39 Å². The number of carbonyl (C=O) groups excluding carboxylic acids is 2. The van der Waals surface area contributed by atoms with Crippen molar-refractivity contribution in [2.75, 3.05) is 29.9 Å². The van der Waals surface area contributed by atoms with E-state index in [2.05, 4.69) is 16.3 Å². The Morgan fingerprint density at radius 1 is 0.889 bits per heavy atom. The summed E-state index contributed by atoms with van der Waals surface area (Å²) in [6, 6.07) is 21.1. The molecule has 3 aromatic carbocycles. The van der Waals surface area contributed by atoms with Crippen molar-refractivity contribution in [1.82, 2.24) is 4.90 Å². The van der Waals surface area contributed by atoms with E-state index in [0.717, 1.165) is 30.0 Å². The van der Waals surface area contributed by atoms with E-state index in [0.29, 0.717) is 19.4 Å². The minimum Gasteiger partial charge on any atom is -0.371 e. The standard InChI is InChI=1S/C29H29ClFN3O2/c30-24-14-7-15-25(31)26(24)29(36)34-18-8-13-23(27(34)20-9-2-1-3-10-20)28(35)32-21-11-6-12-22(19-21)33-16-4-5-17-33/h1-3,6-7,9-12,14-15,19,23,27H,4-5,8,13,16-18H2,(H,32,35)/t23-,27-/m0/s1. The molecule has 0 radical (unpaired) electrons. The number of hydrogen-bond donors (Lipinski definition) is 1. The predicted octanol–water partition coefficient (Wildman–Crippen LogP) is 6.31. The third-order valence-electron chi connectivity index (χ3n) is 7.13. The number of piperidine rings is 1. The second-order valence-electron chi connectivity index (χ2n) is 9.43. The maximum atomic E-state index is 14.7. The Morgan fingerprint density at radius 3 is 2.39 bits per heavy atom. The van der Waals surface area contributed by atoms with Gasteiger partial charge in [-0.05, 0) is 61.6 Å². The van der Waals surface area contributed by atoms with Crippen LogP contribution in [0, 0.1) is 11.7 Å². The lowest BCUT2D eigenvalue weighted by atomic mass is 9.83. The number of hydrogen-bond acceptors (Lipinski definition) is 3. The fourth-order valence-corrected chi connectivity index (χ4v) is 5.64. The molecule has 5 nitrogen and oxygen atoms in total. The Hall–Kier alpha value is -3.38. The van der Waals surface area contributed by atoms with E-state index in [-0.39, 0.29) is 16.5 Å². The summed E-state index contributed by atoms with van der Waals surface area (Å²) in [6.45, 7) is 2.45. The van der Waals surface area contributed by atoms with E-state index < -0.39 is 23.7 Å². The largest absolute Gasteiger partial charge is 0.371 e. The van der Waals surface area contributed by atoms with E-state index in [1.807, 2.05) is 48.5 Å². The molecule has 0 aromatic heterocycles. The fourth-order valence-electron chi connectivity index (χ4n) is 5.40. The minimum absolute atomic E-state index is 0.0668. The number of anilines is 2. The van der Waals surface area contributed by atoms with Crippen molar-refractivity contribution in [1.29, 1.82) is 0 Å². The summed E-state index contributed by atoms with van der Waals surface area (Å²) in [7, 11) is 0. The van der Waals surface area contributed by atoms with Crippen LogP contribution in [0.25, 0.3) is 0 Å². The Kier molecular flexibility index (Phi) is 7.23. The van der Waals surface area contributed by atoms with Crippen LogP contribution in [-0.2, 0) is 4.79 Å². The highest BCUT2D eigenvalue weighted by Crippen LogP contribution is 2.39. The lowest BCUT2D eigenvalue weighted by Gasteiger charge is -2.41. The van der Waals surface area contributed by atoms with Gasteiger partial charge in [0.15, 0.2) is 0 Å². The van der Waals surface area contributed by atoms with Crippen molar-refractivity contribution < 1.29 is 14.0 Å². The van der Waals surface area contributed by atoms with Gasteiger partial charge in [-0.3, -0.25) is 9.59 Å². The normalized spacial score (nSPS) is 19.8. The number of rotatable bonds is 5. The molecule has 7 heteroatoms. The summed E-state index contributed by atoms with van der Waals surface area (Å²) in [5, 5.41) is 3.16. The molecule has 5 rings (SSSR count). The fraction of sp³-hybridized carbons (Fsp3) is 0.310. The van der Waals surface area contributed by atoms with Crippen LogP contribution < -0.4 is 10.2 Å². The van der Waals surface area contributed by atoms with E-state index in [9.17, 15) is 14.0 Å². The molecule has 2 heterocycles. The zero-order valence-electron chi connectivity index (χ0n) is 20.0. The van der Waals surface area contributed by atoms with E-state index in [1.54, 1.807) is 4.90 Å². The van der Waals surface area contributed by atoms with Crippen molar-refractivity contribution in [3.63, 3.8) is 0 Å². The lowest BCUT2D eigenvalue weighted by Crippen LogP contribution is -2.46. The molecule has 2 aliphatic rings. The van der Waals surface area contributed by atoms with Crippen LogP contribution in [0.4, 0.5) is 15.8 Å². The monoisotopic (exact) mass is 505 g/mol. The first-order valence-electron chi connectivity index (χ1n) is 12.5. The number of nitrogens with zero attached hydrogens (tertiary/aromatic N) is 2. The second kappa shape index (κ2) is 10.7. The van der Waals surface area contributed by atoms with Gasteiger partial charge in [-0.1, -0.05) is 54.1 Å². The Labute approximate surface area is 215 Å². The molecule has 1 N–H and O–H groups in total. The number of benzene rings is 3. The smallest absolute Gasteiger partial charge is 0.258 e. The van der Waals surface area contributed by atoms with E-state index in [1.165, 1.54) is 31.0 Å². The summed E-state index contributed by atoms with van der Waals surface area (Å²) in [5.41, 5.74) is 2.51. The third-order valence-corrected chi connectivity index (χ3v) is 7.45. The molecule has 0 saturated carbocycles. The van der Waals surface area contributed by atoms with Gasteiger partial charge >= 0.3 is 0 Å². The van der Waals surface area contributed by atoms with Crippen LogP contribution in [0.3, 0.4) is 0 Å². The zero-order chi connectivity index (χ0) is 25.1. The van der Waals surface area contributed by atoms with Crippen LogP contribution in [0.1, 0.15) is 47.6 Å². The highest BCUT2D eigenvalue weighted by Gasteiger charge is 2.40. The number of halogens is 2. The van der Waals surface area contributed by atoms with Crippen molar-refractivity contribution in [2.45, 2.75) is 31.7 Å². The number of amides is 2. The van der Waals surface area contributed by atoms with Crippen molar-refractivity contribution in [3.8, 4) is 0 Å². The van der Waals surface area contributed by atoms with Crippen molar-refractivity contribution in [2.24, 2.45) is 5.92 Å². The predicted molar refractivity (Wildman–Crippen MR) is 141 cm³/mol. The molecule has 2 saturated heterocycles. The van der Waals surface area contributed by atoms with Crippen LogP contribution >= 0.6 is 11.6 Å². The van der Waals surface area contributed by atoms with Crippen LogP contribution in [-0.4, -0.2) is 36.3 Å². The first kappa shape index (κ1) is 24.3. The maximum absolute atomic E-state index is 14.7. The molecule has 186 valence electrons. The van der Waals surface area contributed by atoms with E-state index >= 15 is 0 Å². The van der Waals surface area contributed by atoms with Gasteiger partial charge in [0.1, 0.15) is 5.82 Å². The molecular formula is C29H29ClFN3O2. The number of carbonyl (C=O) groups is 2. The maximum Gasteiger partial charge on any atom is 0.258 e. The summed E-state index contributed by atoms with van der Waals surface area (Å²) in [6.07, 6.45) is 3.60. The van der Waals surface area contributed by atoms with Gasteiger partial charge in [0, 0.05) is 31.0 Å². The molecule has 0 aliphatic carbocycles. The molecule has 2 atom stereocenters. The summed E-state index contributed by atoms with van der Waals surface area (Å²) in [5.74, 6) is -1.81. The lowest BCUT2D eigenvalue weighted by molar-refractivity contribution is -0.123. The first-order chi connectivity index (χ1) is 17.5. The molecule has 0 unspecified atom stereocenters. The van der Waals surface area contributed by atoms with Gasteiger partial charge in [0.2, 0.25) is 5.91 Å². The molecule has 0 spiro atoms. The van der Waals surface area contributed by atoms with Crippen molar-refractivity contribution in [3.05, 3.63) is 94.8 Å². The summed E-state index contributed by atoms with van der Waals surface area (Å²) >= 11 is 6.24. The average molecular weight is 506 g/mol. The van der Waals surface area contributed by atoms with E-state index in [4.69, 9.17) is 11.6 Å². The molecule has 3 aromatic rings. The van der Waals surface area contributed by atoms with Crippen molar-refractivity contribution >= 4 is 34.8 Å². The SMILES string of the molecule is O=C(Nc1cccc(N2CCCC2)c1)[C@H]1CCCN(C(=O)c2c(F)cccc2Cl)[C@H]1c1ccccc1. The summed E-state index contributed by atoms with van der Waals surface area (Å²) < 4.78 is 14.7. The Bertz CT molecular complexity index is 1230. The zero-order valence-corrected chi connectivity index (χ0v) is 20.8. The molecule has 2 fully saturated rings. The van der Waals surface area contributed by atoms with Gasteiger partial charge in [-0.15, -0.1) is 0 Å². The topological polar surface area (TPSA) is 52.7 Å². The molecular weight excluding hydrogens is 477 g/mol. The third kappa shape index (κ3) is 4.96. The number of nitrogens with one attached hydrogen (secondary N) is 1. The van der Waals surface area contributed by atoms with Crippen LogP contribution in [0.5, 0.6) is 0 Å². The minimum atomic E-state index is -0.662. The van der Waals surface area contributed by atoms with Gasteiger partial charge in [0.25, 0.3) is 5.91 Å². The quantitative estimate of drug-likeness (QED) is 0.442. The first-order valence-corrected chi connectivity index (χ1v) is 12.9. The molecule has 2 aliphatic heterocycles. The van der Waals surface area contributed by atoms with Gasteiger partial charge in [0.05, 0.1) is 22.5 Å². The number of likely N-dealkylation sites (tertiary alicyclic amines) is 1. The average Bonchev–Trinajstić information content (AvgIpc) is 3.44. The van der Waals surface area contributed by atoms with Crippen LogP contribution in [0.2, 0.25) is 5.02 Å². The second-order valence-corrected chi connectivity index (χ2v) is 9.84. The Balaban J connectivity index is 1.45. The van der Waals surface area contributed by atoms with Gasteiger partial charge < -0.3 is 15.1 Å². The highest BCUT2D eigenvalue weighted by molar-refractivity contribution is 6.33. The molecule has 2 amide bonds. The van der Waals surface area contributed by atoms with Gasteiger partial charge in [-0.2, -0.15) is 0 Å². The summed E-state index contributed by atoms with van der Waals surface area (Å²) in [4.78, 5) is 31.2. The van der Waals surface area contributed by atoms with Crippen LogP contribution in [0.15, 0.2) is 72.8 Å². The highest BCUT2D eigenvalue weighted by atomic mass is 35.5. The Morgan fingerprint density at radius 2 is 1.64 bits per heavy atom.